The maximum Gasteiger partial charge on any atom is 0.0603 e. The van der Waals surface area contributed by atoms with Gasteiger partial charge in [0, 0.05) is 17.5 Å². The number of hydrogen-bond donors (Lipinski definition) is 0. The molecule has 0 unspecified atom stereocenters. The molecule has 2 rings (SSSR count). The molecule has 1 aromatic heterocycles. The Morgan fingerprint density at radius 3 is 3.08 bits per heavy atom. The van der Waals surface area contributed by atoms with Gasteiger partial charge in [-0.1, -0.05) is 30.9 Å². The van der Waals surface area contributed by atoms with E-state index in [2.05, 4.69) is 18.8 Å². The third-order valence-electron chi connectivity index (χ3n) is 2.37. The Labute approximate surface area is 88.0 Å². The molecule has 1 aromatic rings. The first kappa shape index (κ1) is 9.16. The first-order chi connectivity index (χ1) is 6.22. The van der Waals surface area contributed by atoms with Crippen LogP contribution in [-0.4, -0.2) is 9.18 Å². The zero-order chi connectivity index (χ0) is 9.42. The minimum absolute atomic E-state index is 0.875. The van der Waals surface area contributed by atoms with Gasteiger partial charge in [-0.3, -0.25) is 4.98 Å². The van der Waals surface area contributed by atoms with Crippen molar-refractivity contribution in [1.29, 1.82) is 0 Å². The molecule has 1 aliphatic heterocycles. The van der Waals surface area contributed by atoms with Crippen molar-refractivity contribution < 1.29 is 0 Å². The summed E-state index contributed by atoms with van der Waals surface area (Å²) in [5.74, 6) is 0. The van der Waals surface area contributed by atoms with Crippen LogP contribution in [0, 0.1) is 6.92 Å². The molecule has 2 heterocycles. The number of aromatic nitrogens is 1. The molecule has 3 heteroatoms. The van der Waals surface area contributed by atoms with Crippen LogP contribution in [0.15, 0.2) is 11.1 Å². The number of thiocarbonyl (C=S) groups is 1. The van der Waals surface area contributed by atoms with Crippen molar-refractivity contribution in [2.75, 3.05) is 0 Å². The van der Waals surface area contributed by atoms with Crippen molar-refractivity contribution in [3.05, 3.63) is 23.0 Å². The molecule has 0 radical (unpaired) electrons. The Hall–Kier alpha value is -0.410. The molecule has 1 aliphatic rings. The molecule has 0 spiro atoms. The molecule has 0 amide bonds. The summed E-state index contributed by atoms with van der Waals surface area (Å²) in [6.45, 7) is 4.33. The van der Waals surface area contributed by atoms with E-state index in [0.717, 1.165) is 17.0 Å². The van der Waals surface area contributed by atoms with Crippen LogP contribution in [0.2, 0.25) is 0 Å². The summed E-state index contributed by atoms with van der Waals surface area (Å²) in [6.07, 6.45) is 3.92. The van der Waals surface area contributed by atoms with Crippen molar-refractivity contribution in [2.24, 2.45) is 0 Å². The lowest BCUT2D eigenvalue weighted by molar-refractivity contribution is 0.986. The lowest BCUT2D eigenvalue weighted by atomic mass is 10.1. The van der Waals surface area contributed by atoms with Crippen molar-refractivity contribution in [1.82, 2.24) is 4.98 Å². The van der Waals surface area contributed by atoms with Gasteiger partial charge in [0.15, 0.2) is 0 Å². The second kappa shape index (κ2) is 3.39. The fraction of sp³-hybridized carbons (Fsp3) is 0.400. The normalized spacial score (nSPS) is 14.8. The summed E-state index contributed by atoms with van der Waals surface area (Å²) in [6, 6.07) is 0. The molecule has 68 valence electrons. The van der Waals surface area contributed by atoms with Crippen molar-refractivity contribution in [3.8, 4) is 0 Å². The van der Waals surface area contributed by atoms with E-state index in [1.54, 1.807) is 11.8 Å². The number of rotatable bonds is 1. The van der Waals surface area contributed by atoms with Crippen LogP contribution in [0.4, 0.5) is 0 Å². The zero-order valence-electron chi connectivity index (χ0n) is 7.76. The van der Waals surface area contributed by atoms with E-state index in [9.17, 15) is 0 Å². The van der Waals surface area contributed by atoms with E-state index in [1.807, 2.05) is 6.20 Å². The first-order valence-corrected chi connectivity index (χ1v) is 5.63. The first-order valence-electron chi connectivity index (χ1n) is 4.40. The number of hydrogen-bond acceptors (Lipinski definition) is 3. The van der Waals surface area contributed by atoms with E-state index >= 15 is 0 Å². The van der Waals surface area contributed by atoms with Gasteiger partial charge in [0.1, 0.15) is 0 Å². The molecule has 0 bridgehead atoms. The second-order valence-electron chi connectivity index (χ2n) is 3.19. The van der Waals surface area contributed by atoms with Crippen LogP contribution in [0.5, 0.6) is 0 Å². The monoisotopic (exact) mass is 209 g/mol. The standard InChI is InChI=1S/C10H11NS2/c1-3-7-5-11-8-4-9(12)13-10(8)6(7)2/h5H,3-4H2,1-2H3. The number of aryl methyl sites for hydroxylation is 1. The molecular formula is C10H11NS2. The van der Waals surface area contributed by atoms with Gasteiger partial charge in [-0.05, 0) is 24.5 Å². The van der Waals surface area contributed by atoms with E-state index in [1.165, 1.54) is 21.7 Å². The van der Waals surface area contributed by atoms with Gasteiger partial charge in [0.25, 0.3) is 0 Å². The second-order valence-corrected chi connectivity index (χ2v) is 5.05. The van der Waals surface area contributed by atoms with Gasteiger partial charge in [0.2, 0.25) is 0 Å². The summed E-state index contributed by atoms with van der Waals surface area (Å²) >= 11 is 6.90. The molecule has 1 nitrogen and oxygen atoms in total. The van der Waals surface area contributed by atoms with E-state index in [-0.39, 0.29) is 0 Å². The highest BCUT2D eigenvalue weighted by atomic mass is 32.2. The number of thioether (sulfide) groups is 1. The third-order valence-corrected chi connectivity index (χ3v) is 3.88. The van der Waals surface area contributed by atoms with Crippen molar-refractivity contribution >= 4 is 28.2 Å². The largest absolute Gasteiger partial charge is 0.259 e. The lowest BCUT2D eigenvalue weighted by Gasteiger charge is -2.06. The van der Waals surface area contributed by atoms with Gasteiger partial charge in [0.05, 0.1) is 9.89 Å². The Bertz CT molecular complexity index is 371. The highest BCUT2D eigenvalue weighted by Gasteiger charge is 2.20. The van der Waals surface area contributed by atoms with E-state index in [0.29, 0.717) is 0 Å². The van der Waals surface area contributed by atoms with Crippen LogP contribution in [0.1, 0.15) is 23.7 Å². The molecule has 0 saturated heterocycles. The third kappa shape index (κ3) is 1.51. The molecule has 0 atom stereocenters. The molecular weight excluding hydrogens is 198 g/mol. The van der Waals surface area contributed by atoms with E-state index < -0.39 is 0 Å². The molecule has 0 fully saturated rings. The van der Waals surface area contributed by atoms with Crippen LogP contribution in [-0.2, 0) is 12.8 Å². The predicted molar refractivity (Wildman–Crippen MR) is 60.5 cm³/mol. The molecule has 0 N–H and O–H groups in total. The number of nitrogens with zero attached hydrogens (tertiary/aromatic N) is 1. The SMILES string of the molecule is CCc1cnc2c(c1C)SC(=S)C2. The Kier molecular flexibility index (Phi) is 2.39. The van der Waals surface area contributed by atoms with Gasteiger partial charge >= 0.3 is 0 Å². The van der Waals surface area contributed by atoms with Crippen molar-refractivity contribution in [3.63, 3.8) is 0 Å². The molecule has 0 aromatic carbocycles. The maximum atomic E-state index is 5.19. The highest BCUT2D eigenvalue weighted by molar-refractivity contribution is 8.23. The minimum atomic E-state index is 0.875. The van der Waals surface area contributed by atoms with Crippen LogP contribution < -0.4 is 0 Å². The van der Waals surface area contributed by atoms with Gasteiger partial charge < -0.3 is 0 Å². The molecule has 0 aliphatic carbocycles. The van der Waals surface area contributed by atoms with E-state index in [4.69, 9.17) is 12.2 Å². The summed E-state index contributed by atoms with van der Waals surface area (Å²) < 4.78 is 1.05. The quantitative estimate of drug-likeness (QED) is 0.660. The minimum Gasteiger partial charge on any atom is -0.259 e. The Morgan fingerprint density at radius 2 is 2.38 bits per heavy atom. The Balaban J connectivity index is 2.54. The van der Waals surface area contributed by atoms with Gasteiger partial charge in [-0.25, -0.2) is 0 Å². The Morgan fingerprint density at radius 1 is 1.62 bits per heavy atom. The summed E-state index contributed by atoms with van der Waals surface area (Å²) in [4.78, 5) is 5.74. The summed E-state index contributed by atoms with van der Waals surface area (Å²) in [5, 5.41) is 0. The summed E-state index contributed by atoms with van der Waals surface area (Å²) in [5.41, 5.74) is 3.89. The topological polar surface area (TPSA) is 12.9 Å². The van der Waals surface area contributed by atoms with Gasteiger partial charge in [-0.2, -0.15) is 0 Å². The zero-order valence-corrected chi connectivity index (χ0v) is 9.39. The molecule has 13 heavy (non-hydrogen) atoms. The smallest absolute Gasteiger partial charge is 0.0603 e. The number of pyridine rings is 1. The summed E-state index contributed by atoms with van der Waals surface area (Å²) in [7, 11) is 0. The van der Waals surface area contributed by atoms with Gasteiger partial charge in [-0.15, -0.1) is 0 Å². The van der Waals surface area contributed by atoms with Crippen LogP contribution >= 0.6 is 24.0 Å². The lowest BCUT2D eigenvalue weighted by Crippen LogP contribution is -1.95. The number of fused-ring (bicyclic) bond motifs is 1. The fourth-order valence-corrected chi connectivity index (χ4v) is 2.93. The van der Waals surface area contributed by atoms with Crippen molar-refractivity contribution in [2.45, 2.75) is 31.6 Å². The molecule has 0 saturated carbocycles. The van der Waals surface area contributed by atoms with Crippen LogP contribution in [0.3, 0.4) is 0 Å². The maximum absolute atomic E-state index is 5.19. The predicted octanol–water partition coefficient (Wildman–Crippen LogP) is 2.93. The average molecular weight is 209 g/mol. The average Bonchev–Trinajstić information content (AvgIpc) is 2.47. The van der Waals surface area contributed by atoms with Crippen LogP contribution in [0.25, 0.3) is 0 Å². The fourth-order valence-electron chi connectivity index (χ4n) is 1.58. The highest BCUT2D eigenvalue weighted by Crippen LogP contribution is 2.36.